The molecule has 0 saturated heterocycles. The second-order valence-electron chi connectivity index (χ2n) is 6.10. The van der Waals surface area contributed by atoms with Crippen molar-refractivity contribution in [3.63, 3.8) is 0 Å². The Morgan fingerprint density at radius 3 is 1.79 bits per heavy atom. The van der Waals surface area contributed by atoms with Gasteiger partial charge in [0.2, 0.25) is 0 Å². The van der Waals surface area contributed by atoms with Crippen LogP contribution >= 0.6 is 31.9 Å². The molecule has 4 aromatic rings. The molecular weight excluding hydrogens is 520 g/mol. The molecule has 0 fully saturated rings. The van der Waals surface area contributed by atoms with Crippen LogP contribution in [0.25, 0.3) is 11.0 Å². The summed E-state index contributed by atoms with van der Waals surface area (Å²) in [6.07, 6.45) is 0. The van der Waals surface area contributed by atoms with Crippen molar-refractivity contribution in [1.82, 2.24) is 9.97 Å². The van der Waals surface area contributed by atoms with Crippen molar-refractivity contribution in [1.29, 1.82) is 0 Å². The molecule has 146 valence electrons. The zero-order valence-corrected chi connectivity index (χ0v) is 18.8. The number of rotatable bonds is 5. The summed E-state index contributed by atoms with van der Waals surface area (Å²) in [5, 5.41) is 3.15. The van der Waals surface area contributed by atoms with Crippen molar-refractivity contribution in [3.05, 3.63) is 81.7 Å². The minimum atomic E-state index is -3.84. The Balaban J connectivity index is 1.77. The Bertz CT molecular complexity index is 1280. The predicted molar refractivity (Wildman–Crippen MR) is 122 cm³/mol. The third-order valence-electron chi connectivity index (χ3n) is 4.03. The highest BCUT2D eigenvalue weighted by Gasteiger charge is 2.19. The van der Waals surface area contributed by atoms with E-state index in [2.05, 4.69) is 51.9 Å². The number of halogens is 2. The van der Waals surface area contributed by atoms with E-state index in [0.717, 1.165) is 14.6 Å². The number of para-hydroxylation sites is 2. The van der Waals surface area contributed by atoms with Gasteiger partial charge in [-0.25, -0.2) is 18.4 Å². The van der Waals surface area contributed by atoms with Crippen LogP contribution in [0.4, 0.5) is 17.3 Å². The van der Waals surface area contributed by atoms with Gasteiger partial charge in [0, 0.05) is 14.6 Å². The number of nitrogens with zero attached hydrogens (tertiary/aromatic N) is 2. The third-order valence-corrected chi connectivity index (χ3v) is 6.44. The lowest BCUT2D eigenvalue weighted by Gasteiger charge is -2.14. The fourth-order valence-electron chi connectivity index (χ4n) is 2.63. The first kappa shape index (κ1) is 19.8. The van der Waals surface area contributed by atoms with Crippen molar-refractivity contribution >= 4 is 70.2 Å². The molecule has 6 nitrogen and oxygen atoms in total. The molecule has 0 spiro atoms. The molecule has 0 atom stereocenters. The van der Waals surface area contributed by atoms with Gasteiger partial charge in [-0.15, -0.1) is 0 Å². The Hall–Kier alpha value is -2.49. The number of benzene rings is 3. The molecule has 3 aromatic carbocycles. The van der Waals surface area contributed by atoms with E-state index in [1.54, 1.807) is 18.2 Å². The molecule has 0 bridgehead atoms. The Kier molecular flexibility index (Phi) is 5.53. The van der Waals surface area contributed by atoms with Crippen molar-refractivity contribution < 1.29 is 8.42 Å². The second kappa shape index (κ2) is 8.10. The van der Waals surface area contributed by atoms with Gasteiger partial charge >= 0.3 is 0 Å². The Morgan fingerprint density at radius 2 is 1.21 bits per heavy atom. The molecule has 0 amide bonds. The summed E-state index contributed by atoms with van der Waals surface area (Å²) in [6, 6.07) is 21.1. The van der Waals surface area contributed by atoms with E-state index in [1.807, 2.05) is 42.5 Å². The van der Waals surface area contributed by atoms with Crippen LogP contribution < -0.4 is 10.0 Å². The predicted octanol–water partition coefficient (Wildman–Crippen LogP) is 5.70. The van der Waals surface area contributed by atoms with Crippen LogP contribution in [0.1, 0.15) is 0 Å². The highest BCUT2D eigenvalue weighted by molar-refractivity contribution is 9.10. The number of fused-ring (bicyclic) bond motifs is 1. The summed E-state index contributed by atoms with van der Waals surface area (Å²) in [6.45, 7) is 0. The van der Waals surface area contributed by atoms with Gasteiger partial charge in [0.15, 0.2) is 11.6 Å². The monoisotopic (exact) mass is 532 g/mol. The number of anilines is 3. The first-order valence-electron chi connectivity index (χ1n) is 8.48. The highest BCUT2D eigenvalue weighted by atomic mass is 79.9. The lowest BCUT2D eigenvalue weighted by atomic mass is 10.3. The molecule has 0 unspecified atom stereocenters. The Morgan fingerprint density at radius 1 is 0.690 bits per heavy atom. The average molecular weight is 534 g/mol. The molecule has 0 aliphatic carbocycles. The second-order valence-corrected chi connectivity index (χ2v) is 9.61. The number of sulfonamides is 1. The normalized spacial score (nSPS) is 11.4. The number of hydrogen-bond donors (Lipinski definition) is 2. The van der Waals surface area contributed by atoms with E-state index in [9.17, 15) is 8.42 Å². The quantitative estimate of drug-likeness (QED) is 0.344. The summed E-state index contributed by atoms with van der Waals surface area (Å²) in [5.41, 5.74) is 1.99. The van der Waals surface area contributed by atoms with Crippen LogP contribution in [0.5, 0.6) is 0 Å². The van der Waals surface area contributed by atoms with E-state index in [-0.39, 0.29) is 10.7 Å². The van der Waals surface area contributed by atoms with Crippen molar-refractivity contribution in [2.24, 2.45) is 0 Å². The number of hydrogen-bond acceptors (Lipinski definition) is 5. The lowest BCUT2D eigenvalue weighted by molar-refractivity contribution is 0.601. The Labute approximate surface area is 184 Å². The van der Waals surface area contributed by atoms with Crippen LogP contribution in [0, 0.1) is 0 Å². The molecule has 2 N–H and O–H groups in total. The van der Waals surface area contributed by atoms with Crippen molar-refractivity contribution in [3.8, 4) is 0 Å². The third kappa shape index (κ3) is 4.58. The van der Waals surface area contributed by atoms with Crippen molar-refractivity contribution in [2.45, 2.75) is 4.90 Å². The minimum Gasteiger partial charge on any atom is -0.337 e. The summed E-state index contributed by atoms with van der Waals surface area (Å²) >= 11 is 6.71. The fourth-order valence-corrected chi connectivity index (χ4v) is 4.17. The fraction of sp³-hybridized carbons (Fsp3) is 0. The summed E-state index contributed by atoms with van der Waals surface area (Å²) in [5.74, 6) is 0.432. The molecule has 4 rings (SSSR count). The van der Waals surface area contributed by atoms with Crippen LogP contribution in [-0.4, -0.2) is 18.4 Å². The molecule has 1 heterocycles. The van der Waals surface area contributed by atoms with Crippen LogP contribution in [0.15, 0.2) is 86.6 Å². The topological polar surface area (TPSA) is 84.0 Å². The lowest BCUT2D eigenvalue weighted by Crippen LogP contribution is -2.16. The summed E-state index contributed by atoms with van der Waals surface area (Å²) < 4.78 is 30.0. The molecule has 29 heavy (non-hydrogen) atoms. The van der Waals surface area contributed by atoms with E-state index >= 15 is 0 Å². The number of aromatic nitrogens is 2. The summed E-state index contributed by atoms with van der Waals surface area (Å²) in [4.78, 5) is 9.18. The first-order valence-corrected chi connectivity index (χ1v) is 11.6. The van der Waals surface area contributed by atoms with Crippen LogP contribution in [0.2, 0.25) is 0 Å². The van der Waals surface area contributed by atoms with Gasteiger partial charge in [0.1, 0.15) is 0 Å². The molecule has 9 heteroatoms. The molecule has 0 aliphatic heterocycles. The highest BCUT2D eigenvalue weighted by Crippen LogP contribution is 2.28. The minimum absolute atomic E-state index is 0.120. The van der Waals surface area contributed by atoms with E-state index < -0.39 is 10.0 Å². The maximum atomic E-state index is 12.9. The van der Waals surface area contributed by atoms with Crippen molar-refractivity contribution in [2.75, 3.05) is 10.0 Å². The average Bonchev–Trinajstić information content (AvgIpc) is 2.70. The van der Waals surface area contributed by atoms with Gasteiger partial charge in [-0.1, -0.05) is 44.0 Å². The van der Waals surface area contributed by atoms with Gasteiger partial charge in [-0.05, 0) is 60.7 Å². The molecule has 0 aliphatic rings. The molecule has 0 saturated carbocycles. The van der Waals surface area contributed by atoms with Gasteiger partial charge in [0.25, 0.3) is 10.0 Å². The summed E-state index contributed by atoms with van der Waals surface area (Å²) in [7, 11) is -3.84. The van der Waals surface area contributed by atoms with Gasteiger partial charge in [0.05, 0.1) is 15.9 Å². The van der Waals surface area contributed by atoms with Gasteiger partial charge < -0.3 is 5.32 Å². The van der Waals surface area contributed by atoms with Gasteiger partial charge in [-0.3, -0.25) is 4.72 Å². The maximum absolute atomic E-state index is 12.9. The molecular formula is C20H14Br2N4O2S. The maximum Gasteiger partial charge on any atom is 0.263 e. The number of nitrogens with one attached hydrogen (secondary N) is 2. The van der Waals surface area contributed by atoms with Gasteiger partial charge in [-0.2, -0.15) is 0 Å². The molecule has 1 aromatic heterocycles. The first-order chi connectivity index (χ1) is 13.9. The standard InChI is InChI=1S/C20H14Br2N4O2S/c21-13-5-9-15(10-6-13)23-19-20(25-18-4-2-1-3-17(18)24-19)26-29(27,28)16-11-7-14(22)8-12-16/h1-12H,(H,23,24)(H,25,26). The smallest absolute Gasteiger partial charge is 0.263 e. The zero-order chi connectivity index (χ0) is 20.4. The zero-order valence-electron chi connectivity index (χ0n) is 14.8. The van der Waals surface area contributed by atoms with Crippen LogP contribution in [-0.2, 0) is 10.0 Å². The van der Waals surface area contributed by atoms with E-state index in [4.69, 9.17) is 0 Å². The van der Waals surface area contributed by atoms with Crippen LogP contribution in [0.3, 0.4) is 0 Å². The largest absolute Gasteiger partial charge is 0.337 e. The molecule has 0 radical (unpaired) electrons. The van der Waals surface area contributed by atoms with E-state index in [1.165, 1.54) is 12.1 Å². The SMILES string of the molecule is O=S(=O)(Nc1nc2ccccc2nc1Nc1ccc(Br)cc1)c1ccc(Br)cc1. The van der Waals surface area contributed by atoms with E-state index in [0.29, 0.717) is 16.9 Å².